The van der Waals surface area contributed by atoms with Gasteiger partial charge in [-0.1, -0.05) is 53.6 Å². The van der Waals surface area contributed by atoms with E-state index in [4.69, 9.17) is 11.6 Å². The zero-order chi connectivity index (χ0) is 21.3. The van der Waals surface area contributed by atoms with Gasteiger partial charge in [0, 0.05) is 16.3 Å². The molecule has 1 aromatic heterocycles. The Bertz CT molecular complexity index is 1230. The van der Waals surface area contributed by atoms with Crippen LogP contribution in [0.2, 0.25) is 5.02 Å². The minimum atomic E-state index is -0.363. The van der Waals surface area contributed by atoms with E-state index in [9.17, 15) is 4.79 Å². The first-order valence-corrected chi connectivity index (χ1v) is 9.98. The van der Waals surface area contributed by atoms with Gasteiger partial charge in [-0.25, -0.2) is 9.67 Å². The summed E-state index contributed by atoms with van der Waals surface area (Å²) in [6.07, 6.45) is 0. The smallest absolute Gasteiger partial charge is 0.295 e. The number of nitrogens with zero attached hydrogens (tertiary/aromatic N) is 3. The summed E-state index contributed by atoms with van der Waals surface area (Å²) in [5.74, 6) is 0.275. The predicted molar refractivity (Wildman–Crippen MR) is 120 cm³/mol. The summed E-state index contributed by atoms with van der Waals surface area (Å²) >= 11 is 6.19. The van der Waals surface area contributed by atoms with Crippen LogP contribution in [-0.2, 0) is 0 Å². The molecule has 0 aliphatic heterocycles. The van der Waals surface area contributed by atoms with Crippen LogP contribution < -0.4 is 5.32 Å². The molecule has 3 aromatic carbocycles. The fraction of sp³-hybridized carbons (Fsp3) is 0.125. The zero-order valence-corrected chi connectivity index (χ0v) is 17.7. The Balaban J connectivity index is 1.77. The quantitative estimate of drug-likeness (QED) is 0.459. The lowest BCUT2D eigenvalue weighted by Crippen LogP contribution is -2.15. The van der Waals surface area contributed by atoms with Crippen LogP contribution in [0.4, 0.5) is 5.69 Å². The second-order valence-electron chi connectivity index (χ2n) is 7.22. The minimum Gasteiger partial charge on any atom is -0.319 e. The lowest BCUT2D eigenvalue weighted by molar-refractivity contribution is 0.101. The normalized spacial score (nSPS) is 10.8. The summed E-state index contributed by atoms with van der Waals surface area (Å²) in [4.78, 5) is 17.5. The first-order chi connectivity index (χ1) is 14.4. The van der Waals surface area contributed by atoms with Gasteiger partial charge in [-0.05, 0) is 62.2 Å². The highest BCUT2D eigenvalue weighted by Gasteiger charge is 2.20. The van der Waals surface area contributed by atoms with Gasteiger partial charge in [0.25, 0.3) is 5.91 Å². The molecule has 0 saturated carbocycles. The highest BCUT2D eigenvalue weighted by atomic mass is 35.5. The van der Waals surface area contributed by atoms with Crippen LogP contribution in [0.15, 0.2) is 66.7 Å². The average molecular weight is 417 g/mol. The van der Waals surface area contributed by atoms with Gasteiger partial charge in [-0.3, -0.25) is 4.79 Å². The van der Waals surface area contributed by atoms with Crippen LogP contribution in [0, 0.1) is 20.8 Å². The summed E-state index contributed by atoms with van der Waals surface area (Å²) in [5.41, 5.74) is 5.59. The Morgan fingerprint density at radius 1 is 0.967 bits per heavy atom. The summed E-state index contributed by atoms with van der Waals surface area (Å²) < 4.78 is 1.67. The van der Waals surface area contributed by atoms with Gasteiger partial charge in [-0.15, -0.1) is 5.10 Å². The molecule has 30 heavy (non-hydrogen) atoms. The molecule has 6 heteroatoms. The number of aryl methyl sites for hydroxylation is 2. The van der Waals surface area contributed by atoms with E-state index in [2.05, 4.69) is 15.4 Å². The summed E-state index contributed by atoms with van der Waals surface area (Å²) in [6.45, 7) is 6.00. The number of carbonyl (C=O) groups is 1. The molecule has 5 nitrogen and oxygen atoms in total. The largest absolute Gasteiger partial charge is 0.319 e. The number of halogens is 1. The Labute approximate surface area is 180 Å². The van der Waals surface area contributed by atoms with Gasteiger partial charge in [0.2, 0.25) is 5.82 Å². The first-order valence-electron chi connectivity index (χ1n) is 9.60. The van der Waals surface area contributed by atoms with Crippen molar-refractivity contribution >= 4 is 23.2 Å². The van der Waals surface area contributed by atoms with Crippen LogP contribution in [0.3, 0.4) is 0 Å². The van der Waals surface area contributed by atoms with Gasteiger partial charge in [0.15, 0.2) is 5.82 Å². The molecule has 0 bridgehead atoms. The molecule has 0 spiro atoms. The lowest BCUT2D eigenvalue weighted by Gasteiger charge is -2.08. The van der Waals surface area contributed by atoms with Crippen molar-refractivity contribution in [3.05, 3.63) is 94.3 Å². The van der Waals surface area contributed by atoms with Crippen molar-refractivity contribution in [1.29, 1.82) is 0 Å². The molecule has 0 aliphatic carbocycles. The fourth-order valence-electron chi connectivity index (χ4n) is 3.15. The van der Waals surface area contributed by atoms with Crippen LogP contribution in [0.5, 0.6) is 0 Å². The minimum absolute atomic E-state index is 0.0893. The Kier molecular flexibility index (Phi) is 5.38. The van der Waals surface area contributed by atoms with Crippen LogP contribution >= 0.6 is 11.6 Å². The number of hydrogen-bond acceptors (Lipinski definition) is 3. The molecular formula is C24H21ClN4O. The topological polar surface area (TPSA) is 59.8 Å². The highest BCUT2D eigenvalue weighted by molar-refractivity contribution is 6.30. The maximum Gasteiger partial charge on any atom is 0.295 e. The number of anilines is 1. The maximum absolute atomic E-state index is 13.0. The van der Waals surface area contributed by atoms with Gasteiger partial charge >= 0.3 is 0 Å². The standard InChI is InChI=1S/C24H21ClN4O/c1-15-10-12-20(13-11-15)29-23(18-7-5-8-19(25)14-18)27-22(28-29)24(30)26-21-9-4-6-16(2)17(21)3/h4-14H,1-3H3,(H,26,30). The Morgan fingerprint density at radius 2 is 1.70 bits per heavy atom. The molecule has 0 radical (unpaired) electrons. The number of hydrogen-bond donors (Lipinski definition) is 1. The van der Waals surface area contributed by atoms with Crippen LogP contribution in [0.25, 0.3) is 17.1 Å². The van der Waals surface area contributed by atoms with Gasteiger partial charge in [-0.2, -0.15) is 0 Å². The van der Waals surface area contributed by atoms with E-state index < -0.39 is 0 Å². The van der Waals surface area contributed by atoms with Gasteiger partial charge in [0.05, 0.1) is 5.69 Å². The van der Waals surface area contributed by atoms with Crippen molar-refractivity contribution in [3.8, 4) is 17.1 Å². The molecule has 150 valence electrons. The van der Waals surface area contributed by atoms with Crippen LogP contribution in [0.1, 0.15) is 27.3 Å². The third-order valence-corrected chi connectivity index (χ3v) is 5.26. The fourth-order valence-corrected chi connectivity index (χ4v) is 3.34. The van der Waals surface area contributed by atoms with Crippen molar-refractivity contribution < 1.29 is 4.79 Å². The molecule has 4 aromatic rings. The number of rotatable bonds is 4. The van der Waals surface area contributed by atoms with E-state index in [1.807, 2.05) is 81.4 Å². The third-order valence-electron chi connectivity index (χ3n) is 5.02. The monoisotopic (exact) mass is 416 g/mol. The SMILES string of the molecule is Cc1ccc(-n2nc(C(=O)Nc3cccc(C)c3C)nc2-c2cccc(Cl)c2)cc1. The van der Waals surface area contributed by atoms with E-state index in [1.54, 1.807) is 10.7 Å². The number of nitrogens with one attached hydrogen (secondary N) is 1. The molecular weight excluding hydrogens is 396 g/mol. The van der Waals surface area contributed by atoms with E-state index in [1.165, 1.54) is 0 Å². The molecule has 1 N–H and O–H groups in total. The van der Waals surface area contributed by atoms with E-state index >= 15 is 0 Å². The lowest BCUT2D eigenvalue weighted by atomic mass is 10.1. The molecule has 0 atom stereocenters. The molecule has 0 fully saturated rings. The first kappa shape index (κ1) is 19.9. The van der Waals surface area contributed by atoms with Crippen molar-refractivity contribution in [2.24, 2.45) is 0 Å². The van der Waals surface area contributed by atoms with Crippen molar-refractivity contribution in [1.82, 2.24) is 14.8 Å². The molecule has 4 rings (SSSR count). The maximum atomic E-state index is 13.0. The third kappa shape index (κ3) is 3.98. The molecule has 0 unspecified atom stereocenters. The average Bonchev–Trinajstić information content (AvgIpc) is 3.18. The van der Waals surface area contributed by atoms with Crippen LogP contribution in [-0.4, -0.2) is 20.7 Å². The highest BCUT2D eigenvalue weighted by Crippen LogP contribution is 2.25. The summed E-state index contributed by atoms with van der Waals surface area (Å²) in [6, 6.07) is 21.0. The van der Waals surface area contributed by atoms with E-state index in [0.717, 1.165) is 33.6 Å². The molecule has 0 saturated heterocycles. The van der Waals surface area contributed by atoms with Crippen molar-refractivity contribution in [2.75, 3.05) is 5.32 Å². The Hall–Kier alpha value is -3.44. The van der Waals surface area contributed by atoms with Crippen molar-refractivity contribution in [2.45, 2.75) is 20.8 Å². The van der Waals surface area contributed by atoms with Crippen molar-refractivity contribution in [3.63, 3.8) is 0 Å². The van der Waals surface area contributed by atoms with E-state index in [0.29, 0.717) is 10.8 Å². The Morgan fingerprint density at radius 3 is 2.43 bits per heavy atom. The van der Waals surface area contributed by atoms with Gasteiger partial charge < -0.3 is 5.32 Å². The second-order valence-corrected chi connectivity index (χ2v) is 7.65. The second kappa shape index (κ2) is 8.13. The predicted octanol–water partition coefficient (Wildman–Crippen LogP) is 5.77. The van der Waals surface area contributed by atoms with Gasteiger partial charge in [0.1, 0.15) is 0 Å². The summed E-state index contributed by atoms with van der Waals surface area (Å²) in [5, 5.41) is 8.03. The number of carbonyl (C=O) groups excluding carboxylic acids is 1. The molecule has 0 aliphatic rings. The molecule has 1 amide bonds. The van der Waals surface area contributed by atoms with E-state index in [-0.39, 0.29) is 11.7 Å². The zero-order valence-electron chi connectivity index (χ0n) is 17.0. The number of amides is 1. The molecule has 1 heterocycles. The summed E-state index contributed by atoms with van der Waals surface area (Å²) in [7, 11) is 0. The number of benzene rings is 3. The number of aromatic nitrogens is 3.